The lowest BCUT2D eigenvalue weighted by molar-refractivity contribution is -0.143. The zero-order valence-electron chi connectivity index (χ0n) is 16.3. The lowest BCUT2D eigenvalue weighted by atomic mass is 10.1. The van der Waals surface area contributed by atoms with E-state index in [1.54, 1.807) is 42.8 Å². The van der Waals surface area contributed by atoms with Crippen LogP contribution in [-0.2, 0) is 19.0 Å². The van der Waals surface area contributed by atoms with E-state index in [0.717, 1.165) is 0 Å². The maximum Gasteiger partial charge on any atom is 0.416 e. The van der Waals surface area contributed by atoms with Crippen LogP contribution in [0.15, 0.2) is 42.5 Å². The first-order valence-electron chi connectivity index (χ1n) is 8.88. The molecule has 0 fully saturated rings. The Morgan fingerprint density at radius 2 is 1.48 bits per heavy atom. The van der Waals surface area contributed by atoms with Crippen molar-refractivity contribution < 1.29 is 31.1 Å². The van der Waals surface area contributed by atoms with Gasteiger partial charge in [0.1, 0.15) is 12.4 Å². The molecule has 0 N–H and O–H groups in total. The third kappa shape index (κ3) is 4.82. The van der Waals surface area contributed by atoms with E-state index < -0.39 is 29.2 Å². The summed E-state index contributed by atoms with van der Waals surface area (Å²) in [6, 6.07) is 9.65. The number of alkyl halides is 6. The Bertz CT molecular complexity index is 1110. The van der Waals surface area contributed by atoms with Gasteiger partial charge >= 0.3 is 12.4 Å². The van der Waals surface area contributed by atoms with E-state index in [-0.39, 0.29) is 12.7 Å². The zero-order chi connectivity index (χ0) is 23.0. The summed E-state index contributed by atoms with van der Waals surface area (Å²) >= 11 is 0. The number of rotatable bonds is 4. The standard InChI is InChI=1S/C21H15F6N3O/c1-12-19(13(2)30(29-12)17-5-3-14(10-28)4-6-17)11-31-18-8-15(20(22,23)24)7-16(9-18)21(25,26)27/h3-9H,11H2,1-2H3. The molecule has 0 aliphatic rings. The van der Waals surface area contributed by atoms with Crippen LogP contribution in [0.5, 0.6) is 5.75 Å². The van der Waals surface area contributed by atoms with Gasteiger partial charge in [-0.15, -0.1) is 0 Å². The highest BCUT2D eigenvalue weighted by Gasteiger charge is 2.37. The highest BCUT2D eigenvalue weighted by molar-refractivity contribution is 5.42. The van der Waals surface area contributed by atoms with Gasteiger partial charge in [-0.2, -0.15) is 36.7 Å². The summed E-state index contributed by atoms with van der Waals surface area (Å²) in [5.41, 5.74) is -0.160. The van der Waals surface area contributed by atoms with Gasteiger partial charge in [0.25, 0.3) is 0 Å². The maximum atomic E-state index is 13.0. The van der Waals surface area contributed by atoms with Crippen LogP contribution in [0.25, 0.3) is 5.69 Å². The van der Waals surface area contributed by atoms with Gasteiger partial charge in [-0.3, -0.25) is 0 Å². The second-order valence-corrected chi connectivity index (χ2v) is 6.75. The predicted molar refractivity (Wildman–Crippen MR) is 98.5 cm³/mol. The van der Waals surface area contributed by atoms with Crippen molar-refractivity contribution in [3.63, 3.8) is 0 Å². The monoisotopic (exact) mass is 439 g/mol. The predicted octanol–water partition coefficient (Wildman–Crippen LogP) is 5.98. The summed E-state index contributed by atoms with van der Waals surface area (Å²) in [4.78, 5) is 0. The van der Waals surface area contributed by atoms with Crippen LogP contribution in [0.2, 0.25) is 0 Å². The highest BCUT2D eigenvalue weighted by atomic mass is 19.4. The number of hydrogen-bond acceptors (Lipinski definition) is 3. The number of aromatic nitrogens is 2. The molecule has 0 aliphatic heterocycles. The summed E-state index contributed by atoms with van der Waals surface area (Å²) in [6.45, 7) is 3.08. The van der Waals surface area contributed by atoms with E-state index in [1.807, 2.05) is 6.07 Å². The molecule has 4 nitrogen and oxygen atoms in total. The Labute approximate surface area is 173 Å². The molecule has 3 rings (SSSR count). The number of ether oxygens (including phenoxy) is 1. The molecular formula is C21H15F6N3O. The average molecular weight is 439 g/mol. The van der Waals surface area contributed by atoms with Gasteiger partial charge < -0.3 is 4.74 Å². The minimum absolute atomic E-state index is 0.0479. The molecular weight excluding hydrogens is 424 g/mol. The highest BCUT2D eigenvalue weighted by Crippen LogP contribution is 2.38. The van der Waals surface area contributed by atoms with Gasteiger partial charge in [0.05, 0.1) is 34.1 Å². The van der Waals surface area contributed by atoms with Crippen LogP contribution in [0.1, 0.15) is 33.6 Å². The van der Waals surface area contributed by atoms with Gasteiger partial charge in [-0.25, -0.2) is 4.68 Å². The molecule has 2 aromatic carbocycles. The zero-order valence-corrected chi connectivity index (χ0v) is 16.3. The van der Waals surface area contributed by atoms with E-state index in [2.05, 4.69) is 5.10 Å². The SMILES string of the molecule is Cc1nn(-c2ccc(C#N)cc2)c(C)c1COc1cc(C(F)(F)F)cc(C(F)(F)F)c1. The topological polar surface area (TPSA) is 50.8 Å². The third-order valence-corrected chi connectivity index (χ3v) is 4.63. The summed E-state index contributed by atoms with van der Waals surface area (Å²) in [7, 11) is 0. The molecule has 31 heavy (non-hydrogen) atoms. The number of nitriles is 1. The first kappa shape index (κ1) is 22.2. The summed E-state index contributed by atoms with van der Waals surface area (Å²) < 4.78 is 85.0. The van der Waals surface area contributed by atoms with Crippen molar-refractivity contribution in [2.45, 2.75) is 32.8 Å². The number of halogens is 6. The fourth-order valence-electron chi connectivity index (χ4n) is 2.98. The molecule has 162 valence electrons. The second-order valence-electron chi connectivity index (χ2n) is 6.75. The number of benzene rings is 2. The van der Waals surface area contributed by atoms with Crippen molar-refractivity contribution >= 4 is 0 Å². The Morgan fingerprint density at radius 3 is 1.97 bits per heavy atom. The molecule has 0 aliphatic carbocycles. The van der Waals surface area contributed by atoms with Crippen LogP contribution in [0, 0.1) is 25.2 Å². The van der Waals surface area contributed by atoms with E-state index >= 15 is 0 Å². The molecule has 0 saturated carbocycles. The van der Waals surface area contributed by atoms with Crippen molar-refractivity contribution in [3.05, 3.63) is 76.1 Å². The molecule has 0 amide bonds. The summed E-state index contributed by atoms with van der Waals surface area (Å²) in [5, 5.41) is 13.2. The Morgan fingerprint density at radius 1 is 0.935 bits per heavy atom. The van der Waals surface area contributed by atoms with Crippen molar-refractivity contribution in [1.29, 1.82) is 5.26 Å². The van der Waals surface area contributed by atoms with Crippen LogP contribution < -0.4 is 4.74 Å². The minimum atomic E-state index is -4.95. The quantitative estimate of drug-likeness (QED) is 0.470. The third-order valence-electron chi connectivity index (χ3n) is 4.63. The molecule has 0 bridgehead atoms. The molecule has 1 aromatic heterocycles. The largest absolute Gasteiger partial charge is 0.489 e. The Hall–Kier alpha value is -3.48. The van der Waals surface area contributed by atoms with E-state index in [0.29, 0.717) is 40.3 Å². The average Bonchev–Trinajstić information content (AvgIpc) is 2.98. The van der Waals surface area contributed by atoms with Crippen molar-refractivity contribution in [2.24, 2.45) is 0 Å². The smallest absolute Gasteiger partial charge is 0.416 e. The number of nitrogens with zero attached hydrogens (tertiary/aromatic N) is 3. The number of aryl methyl sites for hydroxylation is 1. The van der Waals surface area contributed by atoms with Crippen molar-refractivity contribution in [1.82, 2.24) is 9.78 Å². The van der Waals surface area contributed by atoms with Crippen LogP contribution >= 0.6 is 0 Å². The Balaban J connectivity index is 1.91. The van der Waals surface area contributed by atoms with E-state index in [4.69, 9.17) is 10.00 Å². The molecule has 3 aromatic rings. The first-order chi connectivity index (χ1) is 14.4. The second kappa shape index (κ2) is 7.98. The molecule has 0 radical (unpaired) electrons. The van der Waals surface area contributed by atoms with Gasteiger partial charge in [0.15, 0.2) is 0 Å². The first-order valence-corrected chi connectivity index (χ1v) is 8.88. The lowest BCUT2D eigenvalue weighted by Crippen LogP contribution is -2.11. The summed E-state index contributed by atoms with van der Waals surface area (Å²) in [5.74, 6) is -0.549. The van der Waals surface area contributed by atoms with Crippen LogP contribution in [0.4, 0.5) is 26.3 Å². The molecule has 0 atom stereocenters. The molecule has 0 spiro atoms. The molecule has 0 saturated heterocycles. The van der Waals surface area contributed by atoms with Gasteiger partial charge in [0.2, 0.25) is 0 Å². The van der Waals surface area contributed by atoms with Gasteiger partial charge in [-0.05, 0) is 56.3 Å². The minimum Gasteiger partial charge on any atom is -0.489 e. The van der Waals surface area contributed by atoms with E-state index in [1.165, 1.54) is 0 Å². The lowest BCUT2D eigenvalue weighted by Gasteiger charge is -2.15. The molecule has 1 heterocycles. The van der Waals surface area contributed by atoms with Crippen molar-refractivity contribution in [3.8, 4) is 17.5 Å². The number of hydrogen-bond donors (Lipinski definition) is 0. The fraction of sp³-hybridized carbons (Fsp3) is 0.238. The van der Waals surface area contributed by atoms with Crippen LogP contribution in [0.3, 0.4) is 0 Å². The summed E-state index contributed by atoms with van der Waals surface area (Å²) in [6.07, 6.45) is -9.91. The maximum absolute atomic E-state index is 13.0. The van der Waals surface area contributed by atoms with Crippen LogP contribution in [-0.4, -0.2) is 9.78 Å². The Kier molecular flexibility index (Phi) is 5.72. The fourth-order valence-corrected chi connectivity index (χ4v) is 2.98. The normalized spacial score (nSPS) is 12.0. The van der Waals surface area contributed by atoms with E-state index in [9.17, 15) is 26.3 Å². The van der Waals surface area contributed by atoms with Gasteiger partial charge in [-0.1, -0.05) is 0 Å². The van der Waals surface area contributed by atoms with Crippen molar-refractivity contribution in [2.75, 3.05) is 0 Å². The van der Waals surface area contributed by atoms with Gasteiger partial charge in [0, 0.05) is 11.3 Å². The molecule has 0 unspecified atom stereocenters. The molecule has 10 heteroatoms.